The van der Waals surface area contributed by atoms with Crippen LogP contribution >= 0.6 is 65.8 Å². The number of hydrogen-bond donors (Lipinski definition) is 1. The normalized spacial score (nSPS) is 12.6. The molecule has 1 unspecified atom stereocenters. The summed E-state index contributed by atoms with van der Waals surface area (Å²) in [4.78, 5) is 20.5. The number of nitrogens with zero attached hydrogens (tertiary/aromatic N) is 2. The summed E-state index contributed by atoms with van der Waals surface area (Å²) in [5.74, 6) is -0.0388. The summed E-state index contributed by atoms with van der Waals surface area (Å²) in [5, 5.41) is 9.25. The van der Waals surface area contributed by atoms with Gasteiger partial charge in [0, 0.05) is 11.0 Å². The van der Waals surface area contributed by atoms with Gasteiger partial charge in [-0.05, 0) is 45.9 Å². The minimum Gasteiger partial charge on any atom is -0.481 e. The number of benzene rings is 2. The third-order valence-corrected chi connectivity index (χ3v) is 11.7. The van der Waals surface area contributed by atoms with Crippen LogP contribution in [0.2, 0.25) is 0 Å². The molecule has 10 heteroatoms. The van der Waals surface area contributed by atoms with Crippen LogP contribution in [0.4, 0.5) is 0 Å². The summed E-state index contributed by atoms with van der Waals surface area (Å²) in [6, 6.07) is 16.1. The molecule has 0 aliphatic heterocycles. The Morgan fingerprint density at radius 3 is 2.07 bits per heavy atom. The number of carboxylic acids is 1. The Bertz CT molecular complexity index is 1030. The van der Waals surface area contributed by atoms with Gasteiger partial charge < -0.3 is 5.11 Å². The van der Waals surface area contributed by atoms with Crippen LogP contribution in [0.3, 0.4) is 0 Å². The summed E-state index contributed by atoms with van der Waals surface area (Å²) in [7, 11) is 6.45. The summed E-state index contributed by atoms with van der Waals surface area (Å²) < 4.78 is 4.30. The molecule has 0 spiro atoms. The van der Waals surface area contributed by atoms with E-state index >= 15 is 0 Å². The van der Waals surface area contributed by atoms with Crippen LogP contribution in [0.1, 0.15) is 6.42 Å². The molecule has 2 aromatic carbocycles. The van der Waals surface area contributed by atoms with Gasteiger partial charge in [0.15, 0.2) is 8.68 Å². The molecule has 2 heterocycles. The standard InChI is InChI=1S/C18H14N2O2S6/c21-16(22)9-11(26-28-18-20-13-6-2-4-8-15(13)25-18)10-23-27-17-19-12-5-1-3-7-14(12)24-17/h1-8,11H,9-10H2,(H,21,22). The summed E-state index contributed by atoms with van der Waals surface area (Å²) in [6.45, 7) is 0. The van der Waals surface area contributed by atoms with E-state index in [1.54, 1.807) is 65.8 Å². The summed E-state index contributed by atoms with van der Waals surface area (Å²) in [5.41, 5.74) is 2.00. The third-order valence-electron chi connectivity index (χ3n) is 3.59. The van der Waals surface area contributed by atoms with Gasteiger partial charge in [0.25, 0.3) is 0 Å². The number of carboxylic acid groups (broad SMARTS) is 1. The van der Waals surface area contributed by atoms with E-state index in [2.05, 4.69) is 22.1 Å². The lowest BCUT2D eigenvalue weighted by atomic mass is 10.3. The number of rotatable bonds is 9. The van der Waals surface area contributed by atoms with Crippen LogP contribution < -0.4 is 0 Å². The van der Waals surface area contributed by atoms with Crippen molar-refractivity contribution in [2.24, 2.45) is 0 Å². The van der Waals surface area contributed by atoms with Crippen LogP contribution in [-0.2, 0) is 4.79 Å². The average Bonchev–Trinajstić information content (AvgIpc) is 3.28. The Morgan fingerprint density at radius 1 is 0.929 bits per heavy atom. The van der Waals surface area contributed by atoms with Crippen LogP contribution in [0, 0.1) is 0 Å². The van der Waals surface area contributed by atoms with Crippen LogP contribution in [0.15, 0.2) is 57.2 Å². The van der Waals surface area contributed by atoms with Gasteiger partial charge in [-0.2, -0.15) is 0 Å². The lowest BCUT2D eigenvalue weighted by molar-refractivity contribution is -0.136. The molecule has 0 bridgehead atoms. The highest BCUT2D eigenvalue weighted by Gasteiger charge is 2.17. The van der Waals surface area contributed by atoms with Gasteiger partial charge in [0.05, 0.1) is 26.9 Å². The minimum absolute atomic E-state index is 0.00129. The molecule has 2 aromatic heterocycles. The fraction of sp³-hybridized carbons (Fsp3) is 0.167. The van der Waals surface area contributed by atoms with E-state index < -0.39 is 5.97 Å². The molecule has 4 nitrogen and oxygen atoms in total. The highest BCUT2D eigenvalue weighted by molar-refractivity contribution is 8.78. The molecule has 144 valence electrons. The zero-order valence-electron chi connectivity index (χ0n) is 14.3. The molecule has 4 aromatic rings. The largest absolute Gasteiger partial charge is 0.481 e. The maximum atomic E-state index is 11.3. The SMILES string of the molecule is O=C(O)CC(CSSc1nc2ccccc2s1)SSc1nc2ccccc2s1. The molecule has 28 heavy (non-hydrogen) atoms. The topological polar surface area (TPSA) is 63.1 Å². The predicted molar refractivity (Wildman–Crippen MR) is 127 cm³/mol. The number of thiazole rings is 2. The quantitative estimate of drug-likeness (QED) is 0.258. The molecule has 0 aliphatic carbocycles. The van der Waals surface area contributed by atoms with Gasteiger partial charge in [0.2, 0.25) is 0 Å². The highest BCUT2D eigenvalue weighted by atomic mass is 33.1. The smallest absolute Gasteiger partial charge is 0.304 e. The van der Waals surface area contributed by atoms with E-state index in [1.165, 1.54) is 4.70 Å². The van der Waals surface area contributed by atoms with Gasteiger partial charge in [-0.1, -0.05) is 45.9 Å². The van der Waals surface area contributed by atoms with Crippen LogP contribution in [0.25, 0.3) is 20.4 Å². The highest BCUT2D eigenvalue weighted by Crippen LogP contribution is 2.43. The van der Waals surface area contributed by atoms with Crippen molar-refractivity contribution in [2.75, 3.05) is 5.75 Å². The molecule has 0 amide bonds. The number of carbonyl (C=O) groups is 1. The first-order valence-corrected chi connectivity index (χ1v) is 14.4. The fourth-order valence-electron chi connectivity index (χ4n) is 2.36. The molecular formula is C18H14N2O2S6. The van der Waals surface area contributed by atoms with E-state index in [0.717, 1.165) is 30.2 Å². The second-order valence-electron chi connectivity index (χ2n) is 5.66. The van der Waals surface area contributed by atoms with E-state index in [4.69, 9.17) is 0 Å². The average molecular weight is 483 g/mol. The summed E-state index contributed by atoms with van der Waals surface area (Å²) >= 11 is 3.31. The van der Waals surface area contributed by atoms with Crippen LogP contribution in [0.5, 0.6) is 0 Å². The molecule has 4 rings (SSSR count). The lowest BCUT2D eigenvalue weighted by Crippen LogP contribution is -2.11. The zero-order chi connectivity index (χ0) is 19.3. The van der Waals surface area contributed by atoms with Crippen molar-refractivity contribution in [1.29, 1.82) is 0 Å². The molecule has 0 radical (unpaired) electrons. The Balaban J connectivity index is 1.33. The van der Waals surface area contributed by atoms with Gasteiger partial charge in [0.1, 0.15) is 0 Å². The maximum Gasteiger partial charge on any atom is 0.304 e. The second-order valence-corrected chi connectivity index (χ2v) is 13.1. The lowest BCUT2D eigenvalue weighted by Gasteiger charge is -2.11. The first-order chi connectivity index (χ1) is 13.7. The van der Waals surface area contributed by atoms with Crippen molar-refractivity contribution in [3.8, 4) is 0 Å². The first-order valence-electron chi connectivity index (χ1n) is 8.23. The minimum atomic E-state index is -0.770. The van der Waals surface area contributed by atoms with Crippen molar-refractivity contribution in [1.82, 2.24) is 9.97 Å². The number of hydrogen-bond acceptors (Lipinski definition) is 9. The van der Waals surface area contributed by atoms with E-state index in [9.17, 15) is 9.90 Å². The van der Waals surface area contributed by atoms with Crippen molar-refractivity contribution < 1.29 is 9.90 Å². The molecule has 0 saturated heterocycles. The van der Waals surface area contributed by atoms with Gasteiger partial charge in [-0.25, -0.2) is 9.97 Å². The van der Waals surface area contributed by atoms with Crippen LogP contribution in [-0.4, -0.2) is 32.0 Å². The number of aromatic nitrogens is 2. The Labute approximate surface area is 185 Å². The van der Waals surface area contributed by atoms with E-state index in [-0.39, 0.29) is 11.7 Å². The fourth-order valence-corrected chi connectivity index (χ4v) is 10.4. The number of fused-ring (bicyclic) bond motifs is 2. The third kappa shape index (κ3) is 5.37. The van der Waals surface area contributed by atoms with Gasteiger partial charge in [-0.3, -0.25) is 4.79 Å². The van der Waals surface area contributed by atoms with Crippen molar-refractivity contribution in [3.63, 3.8) is 0 Å². The Morgan fingerprint density at radius 2 is 1.50 bits per heavy atom. The van der Waals surface area contributed by atoms with E-state index in [1.807, 2.05) is 36.4 Å². The summed E-state index contributed by atoms with van der Waals surface area (Å²) in [6.07, 6.45) is 0.135. The molecular weight excluding hydrogens is 469 g/mol. The monoisotopic (exact) mass is 482 g/mol. The van der Waals surface area contributed by atoms with Crippen molar-refractivity contribution in [2.45, 2.75) is 20.4 Å². The molecule has 0 fully saturated rings. The Hall–Kier alpha value is -0.910. The number of aliphatic carboxylic acids is 1. The van der Waals surface area contributed by atoms with E-state index in [0.29, 0.717) is 0 Å². The Kier molecular flexibility index (Phi) is 7.08. The maximum absolute atomic E-state index is 11.3. The first kappa shape index (κ1) is 20.4. The predicted octanol–water partition coefficient (Wildman–Crippen LogP) is 6.93. The molecule has 1 N–H and O–H groups in total. The molecule has 0 aliphatic rings. The number of para-hydroxylation sites is 2. The molecule has 1 atom stereocenters. The van der Waals surface area contributed by atoms with Crippen molar-refractivity contribution in [3.05, 3.63) is 48.5 Å². The van der Waals surface area contributed by atoms with Gasteiger partial charge >= 0.3 is 5.97 Å². The molecule has 0 saturated carbocycles. The second kappa shape index (κ2) is 9.73. The van der Waals surface area contributed by atoms with Gasteiger partial charge in [-0.15, -0.1) is 22.7 Å². The van der Waals surface area contributed by atoms with Crippen molar-refractivity contribution >= 4 is 92.3 Å². The zero-order valence-corrected chi connectivity index (χ0v) is 19.2.